The highest BCUT2D eigenvalue weighted by molar-refractivity contribution is 7.09. The van der Waals surface area contributed by atoms with E-state index in [-0.39, 0.29) is 5.41 Å². The Morgan fingerprint density at radius 1 is 1.32 bits per heavy atom. The molecular weight excluding hydrogens is 296 g/mol. The van der Waals surface area contributed by atoms with Gasteiger partial charge >= 0.3 is 0 Å². The number of methoxy groups -OCH3 is 2. The molecule has 0 aliphatic heterocycles. The van der Waals surface area contributed by atoms with E-state index in [1.807, 2.05) is 0 Å². The highest BCUT2D eigenvalue weighted by Gasteiger charge is 2.38. The van der Waals surface area contributed by atoms with Crippen LogP contribution in [0.25, 0.3) is 0 Å². The minimum atomic E-state index is -0.394. The van der Waals surface area contributed by atoms with Crippen LogP contribution in [0.3, 0.4) is 0 Å². The van der Waals surface area contributed by atoms with Gasteiger partial charge in [0.05, 0.1) is 10.7 Å². The maximum atomic E-state index is 6.09. The minimum Gasteiger partial charge on any atom is -0.353 e. The molecule has 1 atom stereocenters. The third-order valence-corrected chi connectivity index (χ3v) is 5.94. The van der Waals surface area contributed by atoms with Crippen LogP contribution in [0.5, 0.6) is 0 Å². The lowest BCUT2D eigenvalue weighted by Gasteiger charge is -2.39. The molecule has 1 aromatic rings. The van der Waals surface area contributed by atoms with Crippen molar-refractivity contribution in [3.8, 4) is 0 Å². The van der Waals surface area contributed by atoms with Gasteiger partial charge in [0.15, 0.2) is 5.79 Å². The van der Waals surface area contributed by atoms with Crippen LogP contribution in [0.15, 0.2) is 5.38 Å². The van der Waals surface area contributed by atoms with E-state index in [4.69, 9.17) is 20.2 Å². The highest BCUT2D eigenvalue weighted by Crippen LogP contribution is 2.42. The van der Waals surface area contributed by atoms with E-state index < -0.39 is 5.79 Å². The number of aromatic nitrogens is 1. The maximum absolute atomic E-state index is 6.09. The van der Waals surface area contributed by atoms with E-state index in [2.05, 4.69) is 26.2 Å². The number of thiazole rings is 1. The molecule has 1 unspecified atom stereocenters. The Hall–Kier alpha value is -0.490. The van der Waals surface area contributed by atoms with Crippen LogP contribution in [0.2, 0.25) is 0 Å². The molecular formula is C17H30N2O2S. The van der Waals surface area contributed by atoms with Crippen molar-refractivity contribution in [2.75, 3.05) is 20.8 Å². The smallest absolute Gasteiger partial charge is 0.167 e. The van der Waals surface area contributed by atoms with E-state index in [9.17, 15) is 0 Å². The summed E-state index contributed by atoms with van der Waals surface area (Å²) < 4.78 is 11.2. The Morgan fingerprint density at radius 2 is 1.91 bits per heavy atom. The van der Waals surface area contributed by atoms with Gasteiger partial charge in [-0.05, 0) is 18.8 Å². The van der Waals surface area contributed by atoms with Gasteiger partial charge in [0.2, 0.25) is 0 Å². The number of hydrogen-bond acceptors (Lipinski definition) is 5. The molecule has 1 aliphatic carbocycles. The van der Waals surface area contributed by atoms with Gasteiger partial charge < -0.3 is 15.2 Å². The van der Waals surface area contributed by atoms with Gasteiger partial charge in [0.1, 0.15) is 0 Å². The Kier molecular flexibility index (Phi) is 5.64. The van der Waals surface area contributed by atoms with Crippen LogP contribution in [-0.4, -0.2) is 31.5 Å². The number of rotatable bonds is 5. The summed E-state index contributed by atoms with van der Waals surface area (Å²) in [5, 5.41) is 3.38. The molecule has 2 N–H and O–H groups in total. The molecule has 1 saturated carbocycles. The third kappa shape index (κ3) is 3.70. The van der Waals surface area contributed by atoms with Crippen LogP contribution < -0.4 is 5.73 Å². The Balaban J connectivity index is 2.09. The molecule has 1 aliphatic rings. The lowest BCUT2D eigenvalue weighted by Crippen LogP contribution is -2.40. The zero-order valence-corrected chi connectivity index (χ0v) is 15.3. The highest BCUT2D eigenvalue weighted by atomic mass is 32.1. The summed E-state index contributed by atoms with van der Waals surface area (Å²) in [5.74, 6) is 0.532. The van der Waals surface area contributed by atoms with Gasteiger partial charge in [-0.1, -0.05) is 20.8 Å². The van der Waals surface area contributed by atoms with Gasteiger partial charge in [-0.25, -0.2) is 4.98 Å². The average molecular weight is 327 g/mol. The first-order valence-corrected chi connectivity index (χ1v) is 8.99. The summed E-state index contributed by atoms with van der Waals surface area (Å²) in [7, 11) is 3.47. The zero-order chi connectivity index (χ0) is 16.4. The molecule has 0 aromatic carbocycles. The molecule has 1 fully saturated rings. The summed E-state index contributed by atoms with van der Waals surface area (Å²) >= 11 is 1.76. The summed E-state index contributed by atoms with van der Waals surface area (Å²) in [6.07, 6.45) is 4.01. The average Bonchev–Trinajstić information content (AvgIpc) is 2.99. The summed E-state index contributed by atoms with van der Waals surface area (Å²) in [4.78, 5) is 4.88. The van der Waals surface area contributed by atoms with Crippen molar-refractivity contribution in [3.05, 3.63) is 16.1 Å². The second-order valence-corrected chi connectivity index (χ2v) is 8.21. The molecule has 0 amide bonds. The topological polar surface area (TPSA) is 57.4 Å². The van der Waals surface area contributed by atoms with E-state index in [1.165, 1.54) is 10.7 Å². The number of nitrogens with two attached hydrogens (primary N) is 1. The SMILES string of the molecule is COC1(OC)CCC(C(CN)c2nc(C(C)(C)C)cs2)CC1. The number of nitrogens with zero attached hydrogens (tertiary/aromatic N) is 1. The normalized spacial score (nSPS) is 21.0. The van der Waals surface area contributed by atoms with Gasteiger partial charge in [-0.3, -0.25) is 0 Å². The molecule has 1 heterocycles. The van der Waals surface area contributed by atoms with Crippen molar-refractivity contribution in [1.82, 2.24) is 4.98 Å². The molecule has 2 rings (SSSR count). The second kappa shape index (κ2) is 6.95. The number of ether oxygens (including phenoxy) is 2. The Morgan fingerprint density at radius 3 is 2.32 bits per heavy atom. The monoisotopic (exact) mass is 326 g/mol. The quantitative estimate of drug-likeness (QED) is 0.839. The van der Waals surface area contributed by atoms with Gasteiger partial charge in [-0.15, -0.1) is 11.3 Å². The fraction of sp³-hybridized carbons (Fsp3) is 0.824. The molecule has 22 heavy (non-hydrogen) atoms. The maximum Gasteiger partial charge on any atom is 0.167 e. The second-order valence-electron chi connectivity index (χ2n) is 7.32. The van der Waals surface area contributed by atoms with Gasteiger partial charge in [-0.2, -0.15) is 0 Å². The van der Waals surface area contributed by atoms with Crippen molar-refractivity contribution in [1.29, 1.82) is 0 Å². The Labute approximate surface area is 138 Å². The third-order valence-electron chi connectivity index (χ3n) is 4.97. The van der Waals surface area contributed by atoms with Gasteiger partial charge in [0.25, 0.3) is 0 Å². The van der Waals surface area contributed by atoms with Crippen molar-refractivity contribution in [2.24, 2.45) is 11.7 Å². The van der Waals surface area contributed by atoms with Crippen LogP contribution in [-0.2, 0) is 14.9 Å². The molecule has 5 heteroatoms. The fourth-order valence-corrected chi connectivity index (χ4v) is 4.52. The predicted octanol–water partition coefficient (Wildman–Crippen LogP) is 3.66. The first-order valence-electron chi connectivity index (χ1n) is 8.11. The van der Waals surface area contributed by atoms with Crippen LogP contribution in [0.4, 0.5) is 0 Å². The fourth-order valence-electron chi connectivity index (χ4n) is 3.27. The van der Waals surface area contributed by atoms with Crippen LogP contribution in [0, 0.1) is 5.92 Å². The molecule has 0 bridgehead atoms. The van der Waals surface area contributed by atoms with Crippen molar-refractivity contribution < 1.29 is 9.47 Å². The van der Waals surface area contributed by atoms with E-state index >= 15 is 0 Å². The van der Waals surface area contributed by atoms with Gasteiger partial charge in [0, 0.05) is 50.3 Å². The van der Waals surface area contributed by atoms with E-state index in [0.717, 1.165) is 25.7 Å². The van der Waals surface area contributed by atoms with Crippen molar-refractivity contribution in [2.45, 2.75) is 63.6 Å². The first kappa shape index (κ1) is 17.9. The molecule has 126 valence electrons. The summed E-state index contributed by atoms with van der Waals surface area (Å²) in [6.45, 7) is 7.27. The molecule has 1 aromatic heterocycles. The lowest BCUT2D eigenvalue weighted by atomic mass is 9.77. The van der Waals surface area contributed by atoms with Crippen molar-refractivity contribution in [3.63, 3.8) is 0 Å². The minimum absolute atomic E-state index is 0.0989. The van der Waals surface area contributed by atoms with E-state index in [0.29, 0.717) is 18.4 Å². The number of hydrogen-bond donors (Lipinski definition) is 1. The summed E-state index contributed by atoms with van der Waals surface area (Å²) in [6, 6.07) is 0. The van der Waals surface area contributed by atoms with E-state index in [1.54, 1.807) is 25.6 Å². The van der Waals surface area contributed by atoms with Crippen LogP contribution >= 0.6 is 11.3 Å². The Bertz CT molecular complexity index is 467. The molecule has 0 spiro atoms. The first-order chi connectivity index (χ1) is 10.3. The lowest BCUT2D eigenvalue weighted by molar-refractivity contribution is -0.228. The molecule has 4 nitrogen and oxygen atoms in total. The van der Waals surface area contributed by atoms with Crippen molar-refractivity contribution >= 4 is 11.3 Å². The largest absolute Gasteiger partial charge is 0.353 e. The predicted molar refractivity (Wildman–Crippen MR) is 91.3 cm³/mol. The molecule has 0 radical (unpaired) electrons. The zero-order valence-electron chi connectivity index (χ0n) is 14.5. The standard InChI is InChI=1S/C17H30N2O2S/c1-16(2,3)14-11-22-15(19-14)13(10-18)12-6-8-17(20-4,21-5)9-7-12/h11-13H,6-10,18H2,1-5H3. The molecule has 0 saturated heterocycles. The summed E-state index contributed by atoms with van der Waals surface area (Å²) in [5.41, 5.74) is 7.36. The van der Waals surface area contributed by atoms with Crippen LogP contribution in [0.1, 0.15) is 63.1 Å².